The molecule has 0 spiro atoms. The average molecular weight is 450 g/mol. The number of aromatic nitrogens is 4. The lowest BCUT2D eigenvalue weighted by Crippen LogP contribution is -1.76. The molecule has 0 aromatic carbocycles. The van der Waals surface area contributed by atoms with Crippen LogP contribution in [0.15, 0.2) is 34.3 Å². The van der Waals surface area contributed by atoms with Crippen LogP contribution in [0, 0.1) is 0 Å². The van der Waals surface area contributed by atoms with Gasteiger partial charge in [-0.3, -0.25) is 0 Å². The molecular weight excluding hydrogens is 439 g/mol. The van der Waals surface area contributed by atoms with Crippen LogP contribution in [0.4, 0.5) is 0 Å². The second-order valence-corrected chi connectivity index (χ2v) is 3.93. The number of rotatable bonds is 0. The summed E-state index contributed by atoms with van der Waals surface area (Å²) in [6.45, 7) is 0. The zero-order valence-corrected chi connectivity index (χ0v) is 13.6. The van der Waals surface area contributed by atoms with Gasteiger partial charge in [0.1, 0.15) is 9.21 Å². The van der Waals surface area contributed by atoms with Gasteiger partial charge in [-0.1, -0.05) is 22.6 Å². The molecule has 7 heteroatoms. The number of aromatic amines is 1. The summed E-state index contributed by atoms with van der Waals surface area (Å²) in [4.78, 5) is 12.4. The molecule has 0 radical (unpaired) electrons. The van der Waals surface area contributed by atoms with Crippen LogP contribution in [-0.4, -0.2) is 24.4 Å². The van der Waals surface area contributed by atoms with Gasteiger partial charge in [-0.05, 0) is 36.8 Å². The molecule has 0 saturated heterocycles. The van der Waals surface area contributed by atoms with Crippen LogP contribution in [0.3, 0.4) is 0 Å². The van der Waals surface area contributed by atoms with Crippen molar-refractivity contribution in [1.29, 1.82) is 0 Å². The Labute approximate surface area is 119 Å². The summed E-state index contributed by atoms with van der Waals surface area (Å²) in [5, 5.41) is 0. The number of imidazole rings is 2. The minimum atomic E-state index is 0.884. The average Bonchev–Trinajstić information content (AvgIpc) is 2.82. The van der Waals surface area contributed by atoms with Gasteiger partial charge in [0, 0.05) is 13.2 Å². The van der Waals surface area contributed by atoms with E-state index in [2.05, 4.69) is 69.4 Å². The highest BCUT2D eigenvalue weighted by molar-refractivity contribution is 14.1. The lowest BCUT2D eigenvalue weighted by Gasteiger charge is -1.77. The van der Waals surface area contributed by atoms with E-state index in [4.69, 9.17) is 0 Å². The number of hydrogen-bond acceptors (Lipinski definition) is 2. The van der Waals surface area contributed by atoms with Gasteiger partial charge in [0.25, 0.3) is 0 Å². The number of nitrogens with zero attached hydrogens (tertiary/aromatic N) is 3. The fourth-order valence-corrected chi connectivity index (χ4v) is 1.25. The topological polar surface area (TPSA) is 46.5 Å². The zero-order valence-electron chi connectivity index (χ0n) is 8.28. The first-order chi connectivity index (χ1) is 7.18. The van der Waals surface area contributed by atoms with Crippen molar-refractivity contribution in [2.24, 2.45) is 7.05 Å². The normalized spacial score (nSPS) is 8.33. The predicted molar refractivity (Wildman–Crippen MR) is 77.1 cm³/mol. The third kappa shape index (κ3) is 7.97. The Morgan fingerprint density at radius 2 is 2.07 bits per heavy atom. The monoisotopic (exact) mass is 448 g/mol. The Morgan fingerprint density at radius 1 is 1.40 bits per heavy atom. The summed E-state index contributed by atoms with van der Waals surface area (Å²) in [6.07, 6.45) is 6.94. The van der Waals surface area contributed by atoms with Crippen LogP contribution < -0.4 is 0 Å². The second-order valence-electron chi connectivity index (χ2n) is 2.26. The molecule has 0 aliphatic carbocycles. The van der Waals surface area contributed by atoms with E-state index >= 15 is 0 Å². The molecule has 0 aliphatic rings. The first kappa shape index (κ1) is 15.1. The smallest absolute Gasteiger partial charge is 0.124 e. The molecule has 2 rings (SSSR count). The van der Waals surface area contributed by atoms with Crippen LogP contribution in [0.1, 0.15) is 0 Å². The molecule has 84 valence electrons. The fraction of sp³-hybridized carbons (Fsp3) is 0.250. The Bertz CT molecular complexity index is 331. The molecule has 0 saturated carbocycles. The van der Waals surface area contributed by atoms with E-state index in [1.807, 2.05) is 22.7 Å². The van der Waals surface area contributed by atoms with Gasteiger partial charge < -0.3 is 9.55 Å². The van der Waals surface area contributed by atoms with E-state index in [1.54, 1.807) is 18.9 Å². The first-order valence-corrected chi connectivity index (χ1v) is 7.58. The van der Waals surface area contributed by atoms with Crippen molar-refractivity contribution in [2.75, 3.05) is 4.93 Å². The Hall–Kier alpha value is 0.110. The molecule has 0 aliphatic heterocycles. The maximum atomic E-state index is 3.90. The lowest BCUT2D eigenvalue weighted by atomic mass is 10.9. The highest BCUT2D eigenvalue weighted by Crippen LogP contribution is 2.01. The van der Waals surface area contributed by atoms with Crippen molar-refractivity contribution >= 4 is 54.5 Å². The summed E-state index contributed by atoms with van der Waals surface area (Å²) in [6, 6.07) is 0. The van der Waals surface area contributed by atoms with Gasteiger partial charge in [-0.15, -0.1) is 0 Å². The van der Waals surface area contributed by atoms with E-state index in [-0.39, 0.29) is 0 Å². The van der Waals surface area contributed by atoms with Gasteiger partial charge in [-0.25, -0.2) is 9.97 Å². The quantitative estimate of drug-likeness (QED) is 0.495. The van der Waals surface area contributed by atoms with Crippen LogP contribution >= 0.6 is 54.5 Å². The van der Waals surface area contributed by atoms with Gasteiger partial charge >= 0.3 is 0 Å². The van der Waals surface area contributed by atoms with Gasteiger partial charge in [0.2, 0.25) is 0 Å². The standard InChI is InChI=1S/C4H5BrN2.C3H3BrN2.CH3I/c1-7-2-4(5)6-3-7;4-3-1-5-2-6-3;1-2/h2-3H,1H3;1-2H,(H,5,6);1H3. The van der Waals surface area contributed by atoms with E-state index in [0.717, 1.165) is 9.21 Å². The summed E-state index contributed by atoms with van der Waals surface area (Å²) < 4.78 is 3.68. The summed E-state index contributed by atoms with van der Waals surface area (Å²) in [5.74, 6) is 0. The number of alkyl halides is 1. The van der Waals surface area contributed by atoms with Crippen molar-refractivity contribution in [3.63, 3.8) is 0 Å². The third-order valence-corrected chi connectivity index (χ3v) is 1.98. The molecule has 2 aromatic rings. The van der Waals surface area contributed by atoms with Gasteiger partial charge in [0.05, 0.1) is 18.9 Å². The van der Waals surface area contributed by atoms with Crippen LogP contribution in [0.5, 0.6) is 0 Å². The maximum Gasteiger partial charge on any atom is 0.124 e. The zero-order chi connectivity index (χ0) is 11.7. The number of nitrogens with one attached hydrogen (secondary N) is 1. The number of H-pyrrole nitrogens is 1. The van der Waals surface area contributed by atoms with Crippen LogP contribution in [0.25, 0.3) is 0 Å². The third-order valence-electron chi connectivity index (χ3n) is 1.14. The molecule has 2 heterocycles. The molecular formula is C8H11Br2IN4. The van der Waals surface area contributed by atoms with E-state index < -0.39 is 0 Å². The molecule has 15 heavy (non-hydrogen) atoms. The Kier molecular flexibility index (Phi) is 9.41. The molecule has 0 fully saturated rings. The molecule has 4 nitrogen and oxygen atoms in total. The highest BCUT2D eigenvalue weighted by Gasteiger charge is 1.84. The van der Waals surface area contributed by atoms with Crippen molar-refractivity contribution in [2.45, 2.75) is 0 Å². The number of aryl methyl sites for hydroxylation is 1. The molecule has 1 N–H and O–H groups in total. The lowest BCUT2D eigenvalue weighted by molar-refractivity contribution is 0.913. The molecule has 0 atom stereocenters. The summed E-state index contributed by atoms with van der Waals surface area (Å²) in [7, 11) is 1.93. The van der Waals surface area contributed by atoms with Crippen LogP contribution in [0.2, 0.25) is 0 Å². The largest absolute Gasteiger partial charge is 0.339 e. The molecule has 0 unspecified atom stereocenters. The minimum absolute atomic E-state index is 0.884. The van der Waals surface area contributed by atoms with Crippen LogP contribution in [-0.2, 0) is 7.05 Å². The van der Waals surface area contributed by atoms with E-state index in [0.29, 0.717) is 0 Å². The Balaban J connectivity index is 0.000000227. The fourth-order valence-electron chi connectivity index (χ4n) is 0.620. The van der Waals surface area contributed by atoms with Gasteiger partial charge in [0.15, 0.2) is 0 Å². The van der Waals surface area contributed by atoms with Crippen molar-refractivity contribution < 1.29 is 0 Å². The van der Waals surface area contributed by atoms with Crippen molar-refractivity contribution in [1.82, 2.24) is 19.5 Å². The molecule has 0 bridgehead atoms. The van der Waals surface area contributed by atoms with Crippen molar-refractivity contribution in [3.8, 4) is 0 Å². The summed E-state index contributed by atoms with van der Waals surface area (Å²) in [5.41, 5.74) is 0. The molecule has 2 aromatic heterocycles. The Morgan fingerprint density at radius 3 is 2.20 bits per heavy atom. The SMILES string of the molecule is Brc1cnc[nH]1.CI.Cn1cnc(Br)c1. The minimum Gasteiger partial charge on any atom is -0.339 e. The molecule has 0 amide bonds. The predicted octanol–water partition coefficient (Wildman–Crippen LogP) is 3.41. The number of hydrogen-bond donors (Lipinski definition) is 1. The van der Waals surface area contributed by atoms with Crippen molar-refractivity contribution in [3.05, 3.63) is 34.3 Å². The van der Waals surface area contributed by atoms with E-state index in [9.17, 15) is 0 Å². The second kappa shape index (κ2) is 9.34. The van der Waals surface area contributed by atoms with Gasteiger partial charge in [-0.2, -0.15) is 0 Å². The maximum absolute atomic E-state index is 3.90. The number of halogens is 3. The highest BCUT2D eigenvalue weighted by atomic mass is 127. The summed E-state index contributed by atoms with van der Waals surface area (Å²) >= 11 is 8.51. The first-order valence-electron chi connectivity index (χ1n) is 3.83. The van der Waals surface area contributed by atoms with E-state index in [1.165, 1.54) is 0 Å².